The normalized spacial score (nSPS) is 10.8. The number of nitrogens with zero attached hydrogens (tertiary/aromatic N) is 2. The fourth-order valence-corrected chi connectivity index (χ4v) is 2.13. The Kier molecular flexibility index (Phi) is 4.80. The van der Waals surface area contributed by atoms with Gasteiger partial charge in [-0.3, -0.25) is 10.1 Å². The van der Waals surface area contributed by atoms with Gasteiger partial charge >= 0.3 is 0 Å². The van der Waals surface area contributed by atoms with E-state index in [1.54, 1.807) is 25.3 Å². The third kappa shape index (κ3) is 4.15. The molecule has 20 heavy (non-hydrogen) atoms. The van der Waals surface area contributed by atoms with E-state index < -0.39 is 0 Å². The fraction of sp³-hybridized carbons (Fsp3) is 0.154. The van der Waals surface area contributed by atoms with Crippen molar-refractivity contribution in [2.45, 2.75) is 6.61 Å². The number of carbonyl (C=O) groups excluding carboxylic acids is 1. The Bertz CT molecular complexity index is 607. The number of aromatic nitrogens is 2. The van der Waals surface area contributed by atoms with Gasteiger partial charge in [0.05, 0.1) is 0 Å². The number of nitrogens with one attached hydrogen (secondary N) is 1. The van der Waals surface area contributed by atoms with Gasteiger partial charge in [0, 0.05) is 18.9 Å². The molecule has 6 nitrogen and oxygen atoms in total. The fourth-order valence-electron chi connectivity index (χ4n) is 1.41. The zero-order chi connectivity index (χ0) is 14.4. The Morgan fingerprint density at radius 2 is 2.15 bits per heavy atom. The van der Waals surface area contributed by atoms with Crippen molar-refractivity contribution < 1.29 is 9.53 Å². The Hall–Kier alpha value is -2.25. The highest BCUT2D eigenvalue weighted by molar-refractivity contribution is 7.15. The van der Waals surface area contributed by atoms with Crippen LogP contribution in [0.1, 0.15) is 10.6 Å². The SMILES string of the molecule is COCc1nnc(NC(=O)/C=C/c2ccc(N)cc2)s1. The van der Waals surface area contributed by atoms with Crippen LogP contribution in [0.4, 0.5) is 10.8 Å². The van der Waals surface area contributed by atoms with E-state index in [0.717, 1.165) is 5.56 Å². The molecule has 2 aromatic rings. The van der Waals surface area contributed by atoms with Crippen molar-refractivity contribution in [2.24, 2.45) is 0 Å². The number of amides is 1. The van der Waals surface area contributed by atoms with Crippen LogP contribution in [0.5, 0.6) is 0 Å². The lowest BCUT2D eigenvalue weighted by atomic mass is 10.2. The van der Waals surface area contributed by atoms with Gasteiger partial charge in [-0.1, -0.05) is 23.5 Å². The van der Waals surface area contributed by atoms with E-state index >= 15 is 0 Å². The van der Waals surface area contributed by atoms with E-state index in [1.807, 2.05) is 12.1 Å². The molecule has 7 heteroatoms. The van der Waals surface area contributed by atoms with Crippen LogP contribution in [-0.2, 0) is 16.1 Å². The second-order valence-corrected chi connectivity index (χ2v) is 4.99. The summed E-state index contributed by atoms with van der Waals surface area (Å²) in [7, 11) is 1.58. The lowest BCUT2D eigenvalue weighted by Crippen LogP contribution is -2.07. The zero-order valence-corrected chi connectivity index (χ0v) is 11.7. The Morgan fingerprint density at radius 1 is 1.40 bits per heavy atom. The summed E-state index contributed by atoms with van der Waals surface area (Å²) >= 11 is 1.28. The van der Waals surface area contributed by atoms with Crippen molar-refractivity contribution in [3.63, 3.8) is 0 Å². The largest absolute Gasteiger partial charge is 0.399 e. The molecule has 1 heterocycles. The summed E-state index contributed by atoms with van der Waals surface area (Å²) in [6.45, 7) is 0.384. The van der Waals surface area contributed by atoms with Gasteiger partial charge < -0.3 is 10.5 Å². The minimum absolute atomic E-state index is 0.262. The summed E-state index contributed by atoms with van der Waals surface area (Å²) in [5.74, 6) is -0.262. The minimum Gasteiger partial charge on any atom is -0.399 e. The molecule has 0 bridgehead atoms. The van der Waals surface area contributed by atoms with Crippen LogP contribution in [0.2, 0.25) is 0 Å². The third-order valence-electron chi connectivity index (χ3n) is 2.33. The number of nitrogen functional groups attached to an aromatic ring is 1. The van der Waals surface area contributed by atoms with Gasteiger partial charge in [0.2, 0.25) is 11.0 Å². The summed E-state index contributed by atoms with van der Waals surface area (Å²) in [6.07, 6.45) is 3.13. The third-order valence-corrected chi connectivity index (χ3v) is 3.14. The number of ether oxygens (including phenoxy) is 1. The topological polar surface area (TPSA) is 90.1 Å². The molecule has 1 aromatic heterocycles. The smallest absolute Gasteiger partial charge is 0.250 e. The summed E-state index contributed by atoms with van der Waals surface area (Å²) in [6, 6.07) is 7.22. The van der Waals surface area contributed by atoms with Crippen LogP contribution in [0, 0.1) is 0 Å². The first-order chi connectivity index (χ1) is 9.67. The van der Waals surface area contributed by atoms with E-state index in [4.69, 9.17) is 10.5 Å². The molecule has 0 unspecified atom stereocenters. The number of hydrogen-bond donors (Lipinski definition) is 2. The zero-order valence-electron chi connectivity index (χ0n) is 10.9. The first kappa shape index (κ1) is 14.2. The number of methoxy groups -OCH3 is 1. The van der Waals surface area contributed by atoms with Gasteiger partial charge in [0.15, 0.2) is 0 Å². The van der Waals surface area contributed by atoms with Gasteiger partial charge in [0.1, 0.15) is 11.6 Å². The second kappa shape index (κ2) is 6.78. The predicted molar refractivity (Wildman–Crippen MR) is 79.1 cm³/mol. The Morgan fingerprint density at radius 3 is 2.85 bits per heavy atom. The minimum atomic E-state index is -0.262. The molecule has 1 aromatic carbocycles. The molecular weight excluding hydrogens is 276 g/mol. The summed E-state index contributed by atoms with van der Waals surface area (Å²) in [4.78, 5) is 11.7. The summed E-state index contributed by atoms with van der Waals surface area (Å²) in [5, 5.41) is 11.5. The molecule has 1 amide bonds. The number of rotatable bonds is 5. The van der Waals surface area contributed by atoms with Crippen molar-refractivity contribution in [2.75, 3.05) is 18.2 Å². The standard InChI is InChI=1S/C13H14N4O2S/c1-19-8-12-16-17-13(20-12)15-11(18)7-4-9-2-5-10(14)6-3-9/h2-7H,8,14H2,1H3,(H,15,17,18)/b7-4+. The number of hydrogen-bond acceptors (Lipinski definition) is 6. The molecule has 104 valence electrons. The summed E-state index contributed by atoms with van der Waals surface area (Å²) < 4.78 is 4.93. The molecule has 0 saturated carbocycles. The van der Waals surface area contributed by atoms with E-state index in [-0.39, 0.29) is 5.91 Å². The van der Waals surface area contributed by atoms with Gasteiger partial charge in [-0.15, -0.1) is 10.2 Å². The first-order valence-corrected chi connectivity index (χ1v) is 6.65. The number of carbonyl (C=O) groups is 1. The molecule has 0 aliphatic rings. The molecule has 0 atom stereocenters. The Balaban J connectivity index is 1.92. The molecule has 2 rings (SSSR count). The highest BCUT2D eigenvalue weighted by Gasteiger charge is 2.05. The van der Waals surface area contributed by atoms with Gasteiger partial charge in [0.25, 0.3) is 0 Å². The molecule has 3 N–H and O–H groups in total. The van der Waals surface area contributed by atoms with Crippen LogP contribution in [0.3, 0.4) is 0 Å². The highest BCUT2D eigenvalue weighted by atomic mass is 32.1. The lowest BCUT2D eigenvalue weighted by molar-refractivity contribution is -0.111. The van der Waals surface area contributed by atoms with E-state index in [2.05, 4.69) is 15.5 Å². The molecule has 0 fully saturated rings. The number of anilines is 2. The number of benzene rings is 1. The predicted octanol–water partition coefficient (Wildman–Crippen LogP) is 1.92. The molecule has 0 radical (unpaired) electrons. The van der Waals surface area contributed by atoms with Gasteiger partial charge in [-0.05, 0) is 23.8 Å². The average Bonchev–Trinajstić information content (AvgIpc) is 2.86. The van der Waals surface area contributed by atoms with Crippen LogP contribution in [0.15, 0.2) is 30.3 Å². The molecule has 0 spiro atoms. The maximum absolute atomic E-state index is 11.7. The monoisotopic (exact) mass is 290 g/mol. The molecule has 0 saturated heterocycles. The molecule has 0 aliphatic heterocycles. The van der Waals surface area contributed by atoms with E-state index in [9.17, 15) is 4.79 Å². The van der Waals surface area contributed by atoms with Crippen molar-refractivity contribution in [1.29, 1.82) is 0 Å². The maximum Gasteiger partial charge on any atom is 0.250 e. The van der Waals surface area contributed by atoms with E-state index in [1.165, 1.54) is 17.4 Å². The summed E-state index contributed by atoms with van der Waals surface area (Å²) in [5.41, 5.74) is 7.17. The highest BCUT2D eigenvalue weighted by Crippen LogP contribution is 2.15. The van der Waals surface area contributed by atoms with Gasteiger partial charge in [-0.25, -0.2) is 0 Å². The van der Waals surface area contributed by atoms with Crippen LogP contribution >= 0.6 is 11.3 Å². The Labute approximate surface area is 120 Å². The van der Waals surface area contributed by atoms with Crippen LogP contribution < -0.4 is 11.1 Å². The number of nitrogens with two attached hydrogens (primary N) is 1. The van der Waals surface area contributed by atoms with Crippen LogP contribution in [0.25, 0.3) is 6.08 Å². The van der Waals surface area contributed by atoms with Crippen LogP contribution in [-0.4, -0.2) is 23.2 Å². The lowest BCUT2D eigenvalue weighted by Gasteiger charge is -1.96. The quantitative estimate of drug-likeness (QED) is 0.648. The van der Waals surface area contributed by atoms with Crippen molar-refractivity contribution in [1.82, 2.24) is 10.2 Å². The van der Waals surface area contributed by atoms with Crippen molar-refractivity contribution >= 4 is 34.1 Å². The molecular formula is C13H14N4O2S. The van der Waals surface area contributed by atoms with E-state index in [0.29, 0.717) is 22.4 Å². The maximum atomic E-state index is 11.7. The van der Waals surface area contributed by atoms with Gasteiger partial charge in [-0.2, -0.15) is 0 Å². The molecule has 0 aliphatic carbocycles. The van der Waals surface area contributed by atoms with Crippen molar-refractivity contribution in [3.05, 3.63) is 40.9 Å². The average molecular weight is 290 g/mol. The van der Waals surface area contributed by atoms with Crippen molar-refractivity contribution in [3.8, 4) is 0 Å². The second-order valence-electron chi connectivity index (χ2n) is 3.92. The first-order valence-electron chi connectivity index (χ1n) is 5.83.